The van der Waals surface area contributed by atoms with Gasteiger partial charge in [-0.2, -0.15) is 13.2 Å². The molecule has 0 bridgehead atoms. The fourth-order valence-corrected chi connectivity index (χ4v) is 2.29. The maximum absolute atomic E-state index is 12.5. The van der Waals surface area contributed by atoms with Crippen molar-refractivity contribution in [2.45, 2.75) is 12.8 Å². The highest BCUT2D eigenvalue weighted by atomic mass is 35.5. The molecule has 0 aliphatic heterocycles. The summed E-state index contributed by atoms with van der Waals surface area (Å²) in [5.41, 5.74) is -0.929. The van der Waals surface area contributed by atoms with Gasteiger partial charge in [0, 0.05) is 17.7 Å². The molecule has 28 heavy (non-hydrogen) atoms. The number of amides is 1. The maximum atomic E-state index is 12.5. The first-order valence-corrected chi connectivity index (χ1v) is 8.03. The topological polar surface area (TPSA) is 80.7 Å². The number of aromatic hydroxyl groups is 1. The summed E-state index contributed by atoms with van der Waals surface area (Å²) in [7, 11) is 1.51. The van der Waals surface area contributed by atoms with E-state index in [4.69, 9.17) is 21.1 Å². The first-order chi connectivity index (χ1) is 12.7. The second-order valence-electron chi connectivity index (χ2n) is 5.35. The van der Waals surface area contributed by atoms with E-state index in [0.717, 1.165) is 18.3 Å². The highest BCUT2D eigenvalue weighted by molar-refractivity contribution is 6.31. The Balaban J connectivity index is 0.00000392. The molecule has 1 aromatic carbocycles. The zero-order valence-corrected chi connectivity index (χ0v) is 16.1. The lowest BCUT2D eigenvalue weighted by molar-refractivity contribution is -0.141. The number of pyridine rings is 1. The van der Waals surface area contributed by atoms with Crippen molar-refractivity contribution in [2.75, 3.05) is 25.6 Å². The zero-order valence-electron chi connectivity index (χ0n) is 14.5. The van der Waals surface area contributed by atoms with Crippen LogP contribution in [0.25, 0.3) is 0 Å². The molecule has 154 valence electrons. The van der Waals surface area contributed by atoms with Crippen LogP contribution in [-0.4, -0.2) is 36.3 Å². The second-order valence-corrected chi connectivity index (χ2v) is 5.76. The third-order valence-electron chi connectivity index (χ3n) is 3.46. The number of hydrogen-bond donors (Lipinski definition) is 2. The number of phenolic OH excluding ortho intramolecular Hbond substituents is 1. The lowest BCUT2D eigenvalue weighted by Crippen LogP contribution is -2.14. The fraction of sp³-hybridized carbons (Fsp3) is 0.294. The number of carbonyl (C=O) groups excluding carboxylic acids is 1. The Morgan fingerprint density at radius 1 is 1.25 bits per heavy atom. The lowest BCUT2D eigenvalue weighted by Gasteiger charge is -2.13. The molecule has 2 N–H and O–H groups in total. The number of anilines is 1. The van der Waals surface area contributed by atoms with E-state index in [9.17, 15) is 23.1 Å². The maximum Gasteiger partial charge on any atom is 0.433 e. The van der Waals surface area contributed by atoms with E-state index in [0.29, 0.717) is 6.61 Å². The normalized spacial score (nSPS) is 11.0. The molecule has 0 fully saturated rings. The van der Waals surface area contributed by atoms with Gasteiger partial charge in [-0.1, -0.05) is 11.6 Å². The average molecular weight is 441 g/mol. The molecule has 0 spiro atoms. The van der Waals surface area contributed by atoms with Gasteiger partial charge >= 0.3 is 6.18 Å². The molecule has 0 aliphatic rings. The summed E-state index contributed by atoms with van der Waals surface area (Å²) >= 11 is 6.02. The number of ether oxygens (including phenoxy) is 2. The number of rotatable bonds is 7. The molecule has 2 rings (SSSR count). The molecule has 0 radical (unpaired) electrons. The molecular formula is C17H17Cl2F3N2O4. The standard InChI is InChI=1S/C17H16ClF3N2O4.ClH/c1-26-6-7-27-9-12-13(18)4-3-11(15(12)24)16(25)23-10-2-5-14(22-8-10)17(19,20)21;/h2-5,8,24H,6-7,9H2,1H3,(H,23,25);1H. The van der Waals surface area contributed by atoms with E-state index >= 15 is 0 Å². The minimum absolute atomic E-state index is 0. The van der Waals surface area contributed by atoms with Gasteiger partial charge in [0.2, 0.25) is 0 Å². The number of nitrogens with zero attached hydrogens (tertiary/aromatic N) is 1. The molecule has 0 aliphatic carbocycles. The van der Waals surface area contributed by atoms with Crippen LogP contribution in [0, 0.1) is 0 Å². The molecule has 1 amide bonds. The Kier molecular flexibility index (Phi) is 8.96. The monoisotopic (exact) mass is 440 g/mol. The summed E-state index contributed by atoms with van der Waals surface area (Å²) in [6.07, 6.45) is -3.70. The number of benzene rings is 1. The van der Waals surface area contributed by atoms with E-state index in [1.165, 1.54) is 19.2 Å². The van der Waals surface area contributed by atoms with E-state index in [2.05, 4.69) is 10.3 Å². The predicted molar refractivity (Wildman–Crippen MR) is 99.1 cm³/mol. The van der Waals surface area contributed by atoms with Gasteiger partial charge in [0.05, 0.1) is 37.3 Å². The van der Waals surface area contributed by atoms with Crippen LogP contribution >= 0.6 is 24.0 Å². The van der Waals surface area contributed by atoms with Gasteiger partial charge < -0.3 is 19.9 Å². The Morgan fingerprint density at radius 2 is 1.96 bits per heavy atom. The smallest absolute Gasteiger partial charge is 0.433 e. The van der Waals surface area contributed by atoms with Gasteiger partial charge in [0.15, 0.2) is 0 Å². The van der Waals surface area contributed by atoms with Crippen LogP contribution in [0.3, 0.4) is 0 Å². The van der Waals surface area contributed by atoms with Gasteiger partial charge in [-0.25, -0.2) is 4.98 Å². The Hall–Kier alpha value is -2.07. The third kappa shape index (κ3) is 6.23. The van der Waals surface area contributed by atoms with Crippen molar-refractivity contribution in [3.05, 3.63) is 52.3 Å². The average Bonchev–Trinajstić information content (AvgIpc) is 2.60. The van der Waals surface area contributed by atoms with E-state index in [-0.39, 0.29) is 53.2 Å². The van der Waals surface area contributed by atoms with Crippen molar-refractivity contribution in [3.8, 4) is 5.75 Å². The van der Waals surface area contributed by atoms with Crippen LogP contribution in [-0.2, 0) is 22.3 Å². The van der Waals surface area contributed by atoms with Crippen LogP contribution in [0.2, 0.25) is 5.02 Å². The Morgan fingerprint density at radius 3 is 2.54 bits per heavy atom. The van der Waals surface area contributed by atoms with Gasteiger partial charge in [-0.05, 0) is 24.3 Å². The first kappa shape index (κ1) is 24.0. The molecule has 11 heteroatoms. The number of alkyl halides is 3. The molecular weight excluding hydrogens is 424 g/mol. The second kappa shape index (κ2) is 10.5. The number of hydrogen-bond acceptors (Lipinski definition) is 5. The van der Waals surface area contributed by atoms with E-state index < -0.39 is 17.8 Å². The molecule has 1 aromatic heterocycles. The van der Waals surface area contributed by atoms with Crippen molar-refractivity contribution in [1.29, 1.82) is 0 Å². The molecule has 6 nitrogen and oxygen atoms in total. The summed E-state index contributed by atoms with van der Waals surface area (Å²) in [5, 5.41) is 12.9. The molecule has 0 atom stereocenters. The fourth-order valence-electron chi connectivity index (χ4n) is 2.08. The zero-order chi connectivity index (χ0) is 20.0. The molecule has 2 aromatic rings. The SMILES string of the molecule is COCCOCc1c(Cl)ccc(C(=O)Nc2ccc(C(F)(F)F)nc2)c1O.Cl. The number of aromatic nitrogens is 1. The summed E-state index contributed by atoms with van der Waals surface area (Å²) in [6, 6.07) is 4.52. The number of methoxy groups -OCH3 is 1. The van der Waals surface area contributed by atoms with Crippen LogP contribution in [0.1, 0.15) is 21.6 Å². The molecule has 0 saturated heterocycles. The Bertz CT molecular complexity index is 802. The summed E-state index contributed by atoms with van der Waals surface area (Å²) in [6.45, 7) is 0.566. The number of halogens is 5. The number of carbonyl (C=O) groups is 1. The molecule has 0 unspecified atom stereocenters. The van der Waals surface area contributed by atoms with Gasteiger partial charge in [0.25, 0.3) is 5.91 Å². The van der Waals surface area contributed by atoms with Gasteiger partial charge in [0.1, 0.15) is 11.4 Å². The lowest BCUT2D eigenvalue weighted by atomic mass is 10.1. The third-order valence-corrected chi connectivity index (χ3v) is 3.81. The van der Waals surface area contributed by atoms with Gasteiger partial charge in [-0.15, -0.1) is 12.4 Å². The quantitative estimate of drug-likeness (QED) is 0.627. The van der Waals surface area contributed by atoms with Crippen molar-refractivity contribution in [3.63, 3.8) is 0 Å². The van der Waals surface area contributed by atoms with Crippen molar-refractivity contribution >= 4 is 35.6 Å². The Labute approximate surface area is 170 Å². The highest BCUT2D eigenvalue weighted by Crippen LogP contribution is 2.31. The van der Waals surface area contributed by atoms with E-state index in [1.54, 1.807) is 0 Å². The van der Waals surface area contributed by atoms with E-state index in [1.807, 2.05) is 0 Å². The summed E-state index contributed by atoms with van der Waals surface area (Å²) in [5.74, 6) is -1.11. The van der Waals surface area contributed by atoms with Crippen molar-refractivity contribution in [2.24, 2.45) is 0 Å². The molecule has 0 saturated carbocycles. The first-order valence-electron chi connectivity index (χ1n) is 7.65. The van der Waals surface area contributed by atoms with Gasteiger partial charge in [-0.3, -0.25) is 4.79 Å². The summed E-state index contributed by atoms with van der Waals surface area (Å²) < 4.78 is 47.7. The number of nitrogens with one attached hydrogen (secondary N) is 1. The number of phenols is 1. The van der Waals surface area contributed by atoms with Crippen LogP contribution < -0.4 is 5.32 Å². The minimum Gasteiger partial charge on any atom is -0.507 e. The van der Waals surface area contributed by atoms with Crippen LogP contribution in [0.5, 0.6) is 5.75 Å². The minimum atomic E-state index is -4.57. The van der Waals surface area contributed by atoms with Crippen LogP contribution in [0.4, 0.5) is 18.9 Å². The highest BCUT2D eigenvalue weighted by Gasteiger charge is 2.32. The van der Waals surface area contributed by atoms with Crippen molar-refractivity contribution < 1.29 is 32.5 Å². The largest absolute Gasteiger partial charge is 0.507 e. The molecule has 1 heterocycles. The van der Waals surface area contributed by atoms with Crippen molar-refractivity contribution in [1.82, 2.24) is 4.98 Å². The summed E-state index contributed by atoms with van der Waals surface area (Å²) in [4.78, 5) is 15.6. The predicted octanol–water partition coefficient (Wildman–Crippen LogP) is 4.30. The van der Waals surface area contributed by atoms with Crippen LogP contribution in [0.15, 0.2) is 30.5 Å².